The molecule has 15 heavy (non-hydrogen) atoms. The standard InChI is InChI=1S/C10H23NO3S/c1-4-6-7-15(13,14)11-8-10(12)9(3)5-2/h9-12H,4-8H2,1-3H3/t9-,10+/m0/s1. The summed E-state index contributed by atoms with van der Waals surface area (Å²) in [6, 6.07) is 0. The summed E-state index contributed by atoms with van der Waals surface area (Å²) in [5.41, 5.74) is 0. The van der Waals surface area contributed by atoms with Crippen LogP contribution in [0.5, 0.6) is 0 Å². The first-order chi connectivity index (χ1) is 6.93. The molecule has 5 heteroatoms. The van der Waals surface area contributed by atoms with Gasteiger partial charge in [-0.15, -0.1) is 0 Å². The quantitative estimate of drug-likeness (QED) is 0.664. The Hall–Kier alpha value is -0.130. The van der Waals surface area contributed by atoms with Crippen molar-refractivity contribution in [2.45, 2.75) is 46.1 Å². The lowest BCUT2D eigenvalue weighted by molar-refractivity contribution is 0.118. The molecular weight excluding hydrogens is 214 g/mol. The molecule has 0 heterocycles. The lowest BCUT2D eigenvalue weighted by atomic mass is 10.0. The van der Waals surface area contributed by atoms with Crippen molar-refractivity contribution in [2.24, 2.45) is 5.92 Å². The molecular formula is C10H23NO3S. The molecule has 2 atom stereocenters. The second kappa shape index (κ2) is 7.19. The first-order valence-electron chi connectivity index (χ1n) is 5.58. The first kappa shape index (κ1) is 14.9. The van der Waals surface area contributed by atoms with E-state index in [2.05, 4.69) is 4.72 Å². The van der Waals surface area contributed by atoms with Crippen molar-refractivity contribution in [3.8, 4) is 0 Å². The van der Waals surface area contributed by atoms with E-state index in [-0.39, 0.29) is 18.2 Å². The van der Waals surface area contributed by atoms with E-state index in [0.717, 1.165) is 12.8 Å². The normalized spacial score (nSPS) is 16.3. The van der Waals surface area contributed by atoms with Gasteiger partial charge in [-0.3, -0.25) is 0 Å². The van der Waals surface area contributed by atoms with Crippen LogP contribution in [0.15, 0.2) is 0 Å². The highest BCUT2D eigenvalue weighted by molar-refractivity contribution is 7.89. The molecule has 0 amide bonds. The summed E-state index contributed by atoms with van der Waals surface area (Å²) < 4.78 is 25.2. The number of rotatable bonds is 8. The summed E-state index contributed by atoms with van der Waals surface area (Å²) in [5.74, 6) is 0.273. The number of aliphatic hydroxyl groups is 1. The fourth-order valence-electron chi connectivity index (χ4n) is 1.09. The van der Waals surface area contributed by atoms with E-state index in [4.69, 9.17) is 0 Å². The van der Waals surface area contributed by atoms with Gasteiger partial charge in [-0.05, 0) is 12.3 Å². The van der Waals surface area contributed by atoms with E-state index < -0.39 is 16.1 Å². The second-order valence-electron chi connectivity index (χ2n) is 3.97. The maximum atomic E-state index is 11.4. The van der Waals surface area contributed by atoms with Crippen LogP contribution in [0.2, 0.25) is 0 Å². The molecule has 0 aromatic heterocycles. The third kappa shape index (κ3) is 6.87. The largest absolute Gasteiger partial charge is 0.391 e. The third-order valence-corrected chi connectivity index (χ3v) is 4.01. The number of hydrogen-bond donors (Lipinski definition) is 2. The van der Waals surface area contributed by atoms with Crippen molar-refractivity contribution in [3.63, 3.8) is 0 Å². The topological polar surface area (TPSA) is 66.4 Å². The summed E-state index contributed by atoms with van der Waals surface area (Å²) in [7, 11) is -3.19. The van der Waals surface area contributed by atoms with Crippen molar-refractivity contribution in [1.29, 1.82) is 0 Å². The van der Waals surface area contributed by atoms with Gasteiger partial charge < -0.3 is 5.11 Å². The molecule has 0 aliphatic rings. The number of unbranched alkanes of at least 4 members (excludes halogenated alkanes) is 1. The molecule has 0 aromatic rings. The van der Waals surface area contributed by atoms with Crippen LogP contribution >= 0.6 is 0 Å². The number of nitrogens with one attached hydrogen (secondary N) is 1. The zero-order valence-electron chi connectivity index (χ0n) is 9.86. The Labute approximate surface area is 93.1 Å². The zero-order valence-corrected chi connectivity index (χ0v) is 10.7. The van der Waals surface area contributed by atoms with Gasteiger partial charge in [0.15, 0.2) is 0 Å². The van der Waals surface area contributed by atoms with Crippen LogP contribution in [-0.4, -0.2) is 31.9 Å². The highest BCUT2D eigenvalue weighted by Gasteiger charge is 2.16. The molecule has 0 aromatic carbocycles. The number of hydrogen-bond acceptors (Lipinski definition) is 3. The van der Waals surface area contributed by atoms with E-state index in [1.807, 2.05) is 20.8 Å². The minimum Gasteiger partial charge on any atom is -0.391 e. The van der Waals surface area contributed by atoms with Crippen LogP contribution in [0.4, 0.5) is 0 Å². The average Bonchev–Trinajstić information content (AvgIpc) is 2.22. The van der Waals surface area contributed by atoms with E-state index in [1.54, 1.807) is 0 Å². The van der Waals surface area contributed by atoms with Crippen LogP contribution in [-0.2, 0) is 10.0 Å². The predicted octanol–water partition coefficient (Wildman–Crippen LogP) is 1.11. The highest BCUT2D eigenvalue weighted by atomic mass is 32.2. The van der Waals surface area contributed by atoms with Crippen molar-refractivity contribution in [1.82, 2.24) is 4.72 Å². The van der Waals surface area contributed by atoms with E-state index in [0.29, 0.717) is 6.42 Å². The van der Waals surface area contributed by atoms with Gasteiger partial charge in [0.1, 0.15) is 0 Å². The number of aliphatic hydroxyl groups excluding tert-OH is 1. The molecule has 0 rings (SSSR count). The monoisotopic (exact) mass is 237 g/mol. The van der Waals surface area contributed by atoms with Gasteiger partial charge in [-0.1, -0.05) is 33.6 Å². The SMILES string of the molecule is CCCCS(=O)(=O)NC[C@@H](O)[C@@H](C)CC. The molecule has 0 aliphatic carbocycles. The van der Waals surface area contributed by atoms with Gasteiger partial charge in [-0.2, -0.15) is 0 Å². The molecule has 92 valence electrons. The van der Waals surface area contributed by atoms with Crippen LogP contribution < -0.4 is 4.72 Å². The fraction of sp³-hybridized carbons (Fsp3) is 1.00. The fourth-order valence-corrected chi connectivity index (χ4v) is 2.33. The zero-order chi connectivity index (χ0) is 11.9. The molecule has 0 bridgehead atoms. The van der Waals surface area contributed by atoms with Gasteiger partial charge in [-0.25, -0.2) is 13.1 Å². The summed E-state index contributed by atoms with van der Waals surface area (Å²) in [5, 5.41) is 9.58. The second-order valence-corrected chi connectivity index (χ2v) is 5.90. The van der Waals surface area contributed by atoms with Gasteiger partial charge in [0, 0.05) is 6.54 Å². The van der Waals surface area contributed by atoms with Gasteiger partial charge in [0.25, 0.3) is 0 Å². The summed E-state index contributed by atoms with van der Waals surface area (Å²) in [4.78, 5) is 0. The van der Waals surface area contributed by atoms with Crippen LogP contribution in [0.1, 0.15) is 40.0 Å². The van der Waals surface area contributed by atoms with E-state index in [9.17, 15) is 13.5 Å². The Morgan fingerprint density at radius 3 is 2.40 bits per heavy atom. The Kier molecular flexibility index (Phi) is 7.13. The van der Waals surface area contributed by atoms with E-state index >= 15 is 0 Å². The molecule has 0 radical (unpaired) electrons. The Morgan fingerprint density at radius 2 is 1.93 bits per heavy atom. The molecule has 2 N–H and O–H groups in total. The molecule has 0 fully saturated rings. The smallest absolute Gasteiger partial charge is 0.211 e. The Balaban J connectivity index is 3.93. The minimum atomic E-state index is -3.19. The summed E-state index contributed by atoms with van der Waals surface area (Å²) in [6.45, 7) is 5.95. The van der Waals surface area contributed by atoms with Crippen molar-refractivity contribution in [2.75, 3.05) is 12.3 Å². The lowest BCUT2D eigenvalue weighted by Crippen LogP contribution is -2.36. The van der Waals surface area contributed by atoms with Gasteiger partial charge >= 0.3 is 0 Å². The van der Waals surface area contributed by atoms with Crippen LogP contribution in [0.25, 0.3) is 0 Å². The molecule has 0 saturated carbocycles. The predicted molar refractivity (Wildman–Crippen MR) is 62.2 cm³/mol. The third-order valence-electron chi connectivity index (χ3n) is 2.58. The maximum absolute atomic E-state index is 11.4. The van der Waals surface area contributed by atoms with Crippen molar-refractivity contribution >= 4 is 10.0 Å². The van der Waals surface area contributed by atoms with Crippen molar-refractivity contribution < 1.29 is 13.5 Å². The first-order valence-corrected chi connectivity index (χ1v) is 7.23. The molecule has 0 saturated heterocycles. The van der Waals surface area contributed by atoms with Crippen LogP contribution in [0, 0.1) is 5.92 Å². The maximum Gasteiger partial charge on any atom is 0.211 e. The summed E-state index contributed by atoms with van der Waals surface area (Å²) in [6.07, 6.45) is 1.77. The van der Waals surface area contributed by atoms with Gasteiger partial charge in [0.2, 0.25) is 10.0 Å². The minimum absolute atomic E-state index is 0.124. The van der Waals surface area contributed by atoms with Crippen LogP contribution in [0.3, 0.4) is 0 Å². The van der Waals surface area contributed by atoms with E-state index in [1.165, 1.54) is 0 Å². The molecule has 0 unspecified atom stereocenters. The lowest BCUT2D eigenvalue weighted by Gasteiger charge is -2.17. The van der Waals surface area contributed by atoms with Crippen molar-refractivity contribution in [3.05, 3.63) is 0 Å². The number of sulfonamides is 1. The average molecular weight is 237 g/mol. The molecule has 0 spiro atoms. The Morgan fingerprint density at radius 1 is 1.33 bits per heavy atom. The highest BCUT2D eigenvalue weighted by Crippen LogP contribution is 2.06. The van der Waals surface area contributed by atoms with Gasteiger partial charge in [0.05, 0.1) is 11.9 Å². The summed E-state index contributed by atoms with van der Waals surface area (Å²) >= 11 is 0. The molecule has 4 nitrogen and oxygen atoms in total. The molecule has 0 aliphatic heterocycles. The Bertz CT molecular complexity index is 251.